The maximum Gasteiger partial charge on any atom is 0.472 e. The number of unbranched alkanes of at least 4 members (excludes halogenated alkanes) is 51. The van der Waals surface area contributed by atoms with E-state index in [4.69, 9.17) is 37.0 Å². The van der Waals surface area contributed by atoms with Crippen LogP contribution in [-0.4, -0.2) is 96.7 Å². The lowest BCUT2D eigenvalue weighted by molar-refractivity contribution is -0.161. The summed E-state index contributed by atoms with van der Waals surface area (Å²) in [4.78, 5) is 73.0. The van der Waals surface area contributed by atoms with Crippen molar-refractivity contribution in [3.05, 3.63) is 0 Å². The molecule has 2 unspecified atom stereocenters. The minimum absolute atomic E-state index is 0.108. The third-order valence-electron chi connectivity index (χ3n) is 18.5. The van der Waals surface area contributed by atoms with Crippen LogP contribution in [0.4, 0.5) is 0 Å². The van der Waals surface area contributed by atoms with Crippen LogP contribution in [0.1, 0.15) is 420 Å². The number of carbonyl (C=O) groups excluding carboxylic acids is 4. The minimum atomic E-state index is -4.96. The van der Waals surface area contributed by atoms with Crippen LogP contribution in [0.3, 0.4) is 0 Å². The summed E-state index contributed by atoms with van der Waals surface area (Å²) in [5.41, 5.74) is 0. The van der Waals surface area contributed by atoms with Gasteiger partial charge in [-0.3, -0.25) is 37.3 Å². The average molecular weight is 1440 g/mol. The van der Waals surface area contributed by atoms with Crippen molar-refractivity contribution in [2.75, 3.05) is 39.6 Å². The van der Waals surface area contributed by atoms with Crippen LogP contribution < -0.4 is 0 Å². The van der Waals surface area contributed by atoms with E-state index in [2.05, 4.69) is 34.6 Å². The van der Waals surface area contributed by atoms with Gasteiger partial charge in [0, 0.05) is 25.7 Å². The summed E-state index contributed by atoms with van der Waals surface area (Å²) in [6.07, 6.45) is 62.2. The van der Waals surface area contributed by atoms with Crippen LogP contribution in [0.5, 0.6) is 0 Å². The zero-order valence-corrected chi connectivity index (χ0v) is 65.7. The van der Waals surface area contributed by atoms with Gasteiger partial charge in [-0.25, -0.2) is 9.13 Å². The number of hydrogen-bond acceptors (Lipinski definition) is 15. The molecule has 17 nitrogen and oxygen atoms in total. The summed E-state index contributed by atoms with van der Waals surface area (Å²) in [6, 6.07) is 0. The van der Waals surface area contributed by atoms with Crippen LogP contribution in [0, 0.1) is 5.92 Å². The van der Waals surface area contributed by atoms with Crippen LogP contribution in [-0.2, 0) is 65.4 Å². The van der Waals surface area contributed by atoms with Crippen LogP contribution in [0.2, 0.25) is 0 Å². The second-order valence-corrected chi connectivity index (χ2v) is 31.8. The zero-order chi connectivity index (χ0) is 71.9. The molecule has 0 aliphatic heterocycles. The van der Waals surface area contributed by atoms with E-state index in [9.17, 15) is 43.2 Å². The maximum absolute atomic E-state index is 13.1. The fraction of sp³-hybridized carbons (Fsp3) is 0.949. The molecule has 0 aromatic carbocycles. The van der Waals surface area contributed by atoms with Gasteiger partial charge < -0.3 is 33.8 Å². The molecule has 5 atom stereocenters. The van der Waals surface area contributed by atoms with Crippen molar-refractivity contribution in [1.29, 1.82) is 0 Å². The predicted octanol–water partition coefficient (Wildman–Crippen LogP) is 23.6. The van der Waals surface area contributed by atoms with Crippen molar-refractivity contribution in [3.8, 4) is 0 Å². The number of aliphatic hydroxyl groups excluding tert-OH is 1. The highest BCUT2D eigenvalue weighted by Gasteiger charge is 2.30. The summed E-state index contributed by atoms with van der Waals surface area (Å²) in [7, 11) is -9.92. The molecule has 0 saturated carbocycles. The molecule has 0 aromatic rings. The number of phosphoric ester groups is 2. The number of aliphatic hydroxyl groups is 1. The number of rotatable bonds is 79. The molecule has 0 aliphatic rings. The van der Waals surface area contributed by atoms with Crippen molar-refractivity contribution in [3.63, 3.8) is 0 Å². The average Bonchev–Trinajstić information content (AvgIpc) is 1.03. The summed E-state index contributed by atoms with van der Waals surface area (Å²) in [5.74, 6) is -1.33. The SMILES string of the molecule is CCCCCCCCCCCCCCCCCC(=O)OC[C@H](COP(=O)(O)OC[C@@H](O)COP(=O)(O)OC[C@@H](COC(=O)CCCCCCCCCCCCCCC)OC(=O)CCCCCCCCCCCCCCCCC)OC(=O)CCCCCCCCCCCCCCC(C)C. The molecule has 0 amide bonds. The lowest BCUT2D eigenvalue weighted by Crippen LogP contribution is -2.30. The fourth-order valence-electron chi connectivity index (χ4n) is 12.2. The van der Waals surface area contributed by atoms with E-state index >= 15 is 0 Å². The Balaban J connectivity index is 5.27. The molecule has 0 rings (SSSR count). The lowest BCUT2D eigenvalue weighted by atomic mass is 10.0. The van der Waals surface area contributed by atoms with E-state index in [0.717, 1.165) is 95.8 Å². The summed E-state index contributed by atoms with van der Waals surface area (Å²) >= 11 is 0. The van der Waals surface area contributed by atoms with Crippen LogP contribution >= 0.6 is 15.6 Å². The van der Waals surface area contributed by atoms with Gasteiger partial charge >= 0.3 is 39.5 Å². The van der Waals surface area contributed by atoms with E-state index < -0.39 is 97.5 Å². The first kappa shape index (κ1) is 96.1. The monoisotopic (exact) mass is 1440 g/mol. The van der Waals surface area contributed by atoms with E-state index in [1.165, 1.54) is 244 Å². The standard InChI is InChI=1S/C79H154O17P2/c1-6-9-12-15-18-21-24-27-29-32-38-43-48-53-58-63-77(82)90-69-75(96-79(84)65-60-55-50-45-40-35-34-36-41-46-51-56-61-72(4)5)71-94-98(87,88)92-67-73(80)66-91-97(85,86)93-70-74(68-89-76(81)62-57-52-47-42-37-31-26-23-20-17-14-11-8-3)95-78(83)64-59-54-49-44-39-33-30-28-25-22-19-16-13-10-7-2/h72-75,80H,6-71H2,1-5H3,(H,85,86)(H,87,88)/t73-,74+,75+/m0/s1. The molecule has 0 spiro atoms. The Morgan fingerprint density at radius 2 is 0.469 bits per heavy atom. The second kappa shape index (κ2) is 72.0. The Morgan fingerprint density at radius 3 is 0.694 bits per heavy atom. The van der Waals surface area contributed by atoms with E-state index in [1.807, 2.05) is 0 Å². The van der Waals surface area contributed by atoms with Gasteiger partial charge in [0.25, 0.3) is 0 Å². The Morgan fingerprint density at radius 1 is 0.276 bits per heavy atom. The van der Waals surface area contributed by atoms with Gasteiger partial charge in [-0.05, 0) is 31.6 Å². The molecule has 3 N–H and O–H groups in total. The van der Waals surface area contributed by atoms with Crippen LogP contribution in [0.15, 0.2) is 0 Å². The fourth-order valence-corrected chi connectivity index (χ4v) is 13.8. The van der Waals surface area contributed by atoms with Crippen molar-refractivity contribution in [1.82, 2.24) is 0 Å². The Kier molecular flexibility index (Phi) is 70.6. The second-order valence-electron chi connectivity index (χ2n) is 28.9. The normalized spacial score (nSPS) is 13.9. The number of ether oxygens (including phenoxy) is 4. The molecule has 98 heavy (non-hydrogen) atoms. The first-order valence-electron chi connectivity index (χ1n) is 41.1. The number of phosphoric acid groups is 2. The molecular formula is C79H154O17P2. The highest BCUT2D eigenvalue weighted by atomic mass is 31.2. The highest BCUT2D eigenvalue weighted by molar-refractivity contribution is 7.47. The molecule has 0 heterocycles. The van der Waals surface area contributed by atoms with Gasteiger partial charge in [0.05, 0.1) is 26.4 Å². The van der Waals surface area contributed by atoms with Crippen molar-refractivity contribution in [2.24, 2.45) is 5.92 Å². The van der Waals surface area contributed by atoms with E-state index in [-0.39, 0.29) is 25.7 Å². The van der Waals surface area contributed by atoms with E-state index in [1.54, 1.807) is 0 Å². The number of esters is 4. The summed E-state index contributed by atoms with van der Waals surface area (Å²) < 4.78 is 68.7. The van der Waals surface area contributed by atoms with Gasteiger partial charge in [0.1, 0.15) is 19.3 Å². The van der Waals surface area contributed by atoms with Crippen molar-refractivity contribution >= 4 is 39.5 Å². The molecule has 19 heteroatoms. The summed E-state index contributed by atoms with van der Waals surface area (Å²) in [6.45, 7) is 7.34. The molecule has 0 aliphatic carbocycles. The molecule has 0 fully saturated rings. The molecule has 0 aromatic heterocycles. The molecule has 0 bridgehead atoms. The van der Waals surface area contributed by atoms with Gasteiger partial charge in [-0.15, -0.1) is 0 Å². The Hall–Kier alpha value is -1.94. The van der Waals surface area contributed by atoms with Gasteiger partial charge in [-0.1, -0.05) is 369 Å². The topological polar surface area (TPSA) is 237 Å². The summed E-state index contributed by atoms with van der Waals surface area (Å²) in [5, 5.41) is 10.6. The lowest BCUT2D eigenvalue weighted by Gasteiger charge is -2.21. The maximum atomic E-state index is 13.1. The van der Waals surface area contributed by atoms with E-state index in [0.29, 0.717) is 25.7 Å². The predicted molar refractivity (Wildman–Crippen MR) is 400 cm³/mol. The first-order chi connectivity index (χ1) is 47.5. The number of carbonyl (C=O) groups is 4. The smallest absolute Gasteiger partial charge is 0.462 e. The molecule has 0 saturated heterocycles. The van der Waals surface area contributed by atoms with Gasteiger partial charge in [0.2, 0.25) is 0 Å². The molecular weight excluding hydrogens is 1280 g/mol. The quantitative estimate of drug-likeness (QED) is 0.0222. The van der Waals surface area contributed by atoms with Crippen LogP contribution in [0.25, 0.3) is 0 Å². The molecule has 0 radical (unpaired) electrons. The first-order valence-corrected chi connectivity index (χ1v) is 44.1. The van der Waals surface area contributed by atoms with Gasteiger partial charge in [0.15, 0.2) is 12.2 Å². The van der Waals surface area contributed by atoms with Crippen molar-refractivity contribution in [2.45, 2.75) is 438 Å². The minimum Gasteiger partial charge on any atom is -0.462 e. The number of hydrogen-bond donors (Lipinski definition) is 3. The largest absolute Gasteiger partial charge is 0.472 e. The highest BCUT2D eigenvalue weighted by Crippen LogP contribution is 2.45. The third kappa shape index (κ3) is 72.4. The van der Waals surface area contributed by atoms with Gasteiger partial charge in [-0.2, -0.15) is 0 Å². The zero-order valence-electron chi connectivity index (χ0n) is 63.9. The van der Waals surface area contributed by atoms with Crippen molar-refractivity contribution < 1.29 is 80.2 Å². The molecule has 582 valence electrons. The third-order valence-corrected chi connectivity index (χ3v) is 20.4. The Bertz CT molecular complexity index is 1870. The Labute approximate surface area is 600 Å².